The summed E-state index contributed by atoms with van der Waals surface area (Å²) in [4.78, 5) is 29.2. The van der Waals surface area contributed by atoms with Gasteiger partial charge < -0.3 is 10.6 Å². The lowest BCUT2D eigenvalue weighted by molar-refractivity contribution is -0.122. The number of halogens is 1. The number of anilines is 1. The summed E-state index contributed by atoms with van der Waals surface area (Å²) in [6.45, 7) is 7.86. The van der Waals surface area contributed by atoms with E-state index < -0.39 is 5.25 Å². The summed E-state index contributed by atoms with van der Waals surface area (Å²) in [5, 5.41) is 6.27. The Morgan fingerprint density at radius 1 is 1.14 bits per heavy atom. The Hall–Kier alpha value is -2.31. The molecule has 0 bridgehead atoms. The van der Waals surface area contributed by atoms with Crippen LogP contribution in [0.15, 0.2) is 35.3 Å². The van der Waals surface area contributed by atoms with Crippen molar-refractivity contribution in [2.75, 3.05) is 5.32 Å². The minimum Gasteiger partial charge on any atom is -0.326 e. The van der Waals surface area contributed by atoms with Crippen molar-refractivity contribution >= 4 is 51.7 Å². The van der Waals surface area contributed by atoms with Crippen LogP contribution in [0.4, 0.5) is 11.4 Å². The smallest absolute Gasteiger partial charge is 0.240 e. The third kappa shape index (κ3) is 4.75. The van der Waals surface area contributed by atoms with E-state index in [2.05, 4.69) is 15.6 Å². The van der Waals surface area contributed by atoms with E-state index in [0.29, 0.717) is 15.9 Å². The monoisotopic (exact) mass is 415 g/mol. The third-order valence-corrected chi connectivity index (χ3v) is 5.96. The van der Waals surface area contributed by atoms with Crippen molar-refractivity contribution < 1.29 is 9.59 Å². The van der Waals surface area contributed by atoms with Crippen molar-refractivity contribution in [3.05, 3.63) is 57.6 Å². The van der Waals surface area contributed by atoms with Gasteiger partial charge in [0.05, 0.1) is 5.69 Å². The van der Waals surface area contributed by atoms with E-state index in [0.717, 1.165) is 27.9 Å². The average molecular weight is 416 g/mol. The van der Waals surface area contributed by atoms with Crippen LogP contribution in [0.5, 0.6) is 0 Å². The fourth-order valence-corrected chi connectivity index (χ4v) is 4.26. The molecule has 1 atom stereocenters. The minimum absolute atomic E-state index is 0.0803. The predicted octanol–water partition coefficient (Wildman–Crippen LogP) is 4.82. The number of aryl methyl sites for hydroxylation is 4. The van der Waals surface area contributed by atoms with Gasteiger partial charge >= 0.3 is 0 Å². The van der Waals surface area contributed by atoms with E-state index in [1.807, 2.05) is 52.0 Å². The molecular weight excluding hydrogens is 394 g/mol. The highest BCUT2D eigenvalue weighted by atomic mass is 35.5. The average Bonchev–Trinajstić information content (AvgIpc) is 2.93. The Bertz CT molecular complexity index is 965. The fraction of sp³-hybridized carbons (Fsp3) is 0.286. The van der Waals surface area contributed by atoms with E-state index in [9.17, 15) is 9.59 Å². The van der Waals surface area contributed by atoms with Gasteiger partial charge in [-0.1, -0.05) is 47.1 Å². The maximum atomic E-state index is 12.5. The first kappa shape index (κ1) is 20.4. The van der Waals surface area contributed by atoms with Crippen molar-refractivity contribution in [1.82, 2.24) is 5.32 Å². The quantitative estimate of drug-likeness (QED) is 0.751. The van der Waals surface area contributed by atoms with Crippen LogP contribution in [-0.4, -0.2) is 22.2 Å². The molecule has 1 fully saturated rings. The minimum atomic E-state index is -0.509. The van der Waals surface area contributed by atoms with Crippen molar-refractivity contribution in [3.8, 4) is 0 Å². The summed E-state index contributed by atoms with van der Waals surface area (Å²) in [6, 6.07) is 9.51. The van der Waals surface area contributed by atoms with Crippen molar-refractivity contribution in [1.29, 1.82) is 0 Å². The first-order chi connectivity index (χ1) is 13.2. The van der Waals surface area contributed by atoms with E-state index in [1.165, 1.54) is 11.8 Å². The lowest BCUT2D eigenvalue weighted by atomic mass is 10.0. The summed E-state index contributed by atoms with van der Waals surface area (Å²) < 4.78 is 0. The van der Waals surface area contributed by atoms with Gasteiger partial charge in [-0.15, -0.1) is 0 Å². The van der Waals surface area contributed by atoms with Crippen molar-refractivity contribution in [2.45, 2.75) is 39.4 Å². The Kier molecular flexibility index (Phi) is 6.10. The van der Waals surface area contributed by atoms with Crippen molar-refractivity contribution in [3.63, 3.8) is 0 Å². The topological polar surface area (TPSA) is 70.6 Å². The molecule has 1 aliphatic heterocycles. The van der Waals surface area contributed by atoms with Crippen molar-refractivity contribution in [2.24, 2.45) is 4.99 Å². The lowest BCUT2D eigenvalue weighted by Crippen LogP contribution is -2.28. The standard InChI is InChI=1S/C21H22ClN3O2S/c1-11-7-13(3)19(14(4)8-11)24-18(26)10-17-20(27)25-21(28-17)23-15-6-5-12(2)16(22)9-15/h5-9,17H,10H2,1-4H3,(H,24,26)(H,23,25,27)/t17-/m0/s1. The number of hydrogen-bond acceptors (Lipinski definition) is 4. The van der Waals surface area contributed by atoms with Crippen LogP contribution >= 0.6 is 23.4 Å². The summed E-state index contributed by atoms with van der Waals surface area (Å²) in [6.07, 6.45) is 0.0803. The van der Waals surface area contributed by atoms with Gasteiger partial charge in [-0.25, -0.2) is 4.99 Å². The molecule has 2 aromatic rings. The number of amides is 2. The molecule has 28 heavy (non-hydrogen) atoms. The predicted molar refractivity (Wildman–Crippen MR) is 117 cm³/mol. The summed E-state index contributed by atoms with van der Waals surface area (Å²) in [5.74, 6) is -0.406. The molecular formula is C21H22ClN3O2S. The zero-order valence-electron chi connectivity index (χ0n) is 16.2. The second kappa shape index (κ2) is 8.37. The summed E-state index contributed by atoms with van der Waals surface area (Å²) in [7, 11) is 0. The first-order valence-electron chi connectivity index (χ1n) is 8.93. The molecule has 7 heteroatoms. The number of amidine groups is 1. The maximum Gasteiger partial charge on any atom is 0.240 e. The first-order valence-corrected chi connectivity index (χ1v) is 10.2. The highest BCUT2D eigenvalue weighted by Gasteiger charge is 2.32. The Morgan fingerprint density at radius 2 is 1.82 bits per heavy atom. The SMILES string of the molecule is Cc1cc(C)c(NC(=O)C[C@@H]2SC(=Nc3ccc(C)c(Cl)c3)NC2=O)c(C)c1. The van der Waals surface area contributed by atoms with E-state index in [4.69, 9.17) is 11.6 Å². The Balaban J connectivity index is 1.67. The van der Waals surface area contributed by atoms with Crippen LogP contribution in [0.25, 0.3) is 0 Å². The van der Waals surface area contributed by atoms with Gasteiger partial charge in [0.15, 0.2) is 5.17 Å². The van der Waals surface area contributed by atoms with Crippen LogP contribution in [0.1, 0.15) is 28.7 Å². The molecule has 0 aliphatic carbocycles. The molecule has 1 saturated heterocycles. The largest absolute Gasteiger partial charge is 0.326 e. The molecule has 0 saturated carbocycles. The molecule has 2 N–H and O–H groups in total. The molecule has 1 heterocycles. The number of aliphatic imine (C=N–C) groups is 1. The molecule has 0 spiro atoms. The summed E-state index contributed by atoms with van der Waals surface area (Å²) in [5.41, 5.74) is 5.60. The van der Waals surface area contributed by atoms with E-state index in [1.54, 1.807) is 6.07 Å². The second-order valence-electron chi connectivity index (χ2n) is 6.97. The van der Waals surface area contributed by atoms with Crippen LogP contribution < -0.4 is 10.6 Å². The van der Waals surface area contributed by atoms with E-state index >= 15 is 0 Å². The highest BCUT2D eigenvalue weighted by Crippen LogP contribution is 2.28. The summed E-state index contributed by atoms with van der Waals surface area (Å²) >= 11 is 7.38. The zero-order chi connectivity index (χ0) is 20.4. The molecule has 0 unspecified atom stereocenters. The van der Waals surface area contributed by atoms with Crippen LogP contribution in [0, 0.1) is 27.7 Å². The molecule has 0 radical (unpaired) electrons. The zero-order valence-corrected chi connectivity index (χ0v) is 17.8. The van der Waals surface area contributed by atoms with Gasteiger partial charge in [0.1, 0.15) is 5.25 Å². The molecule has 146 valence electrons. The third-order valence-electron chi connectivity index (χ3n) is 4.47. The fourth-order valence-electron chi connectivity index (χ4n) is 3.10. The molecule has 3 rings (SSSR count). The Labute approximate surface area is 174 Å². The van der Waals surface area contributed by atoms with Gasteiger partial charge in [0.25, 0.3) is 0 Å². The Morgan fingerprint density at radius 3 is 2.46 bits per heavy atom. The number of nitrogens with zero attached hydrogens (tertiary/aromatic N) is 1. The van der Waals surface area contributed by atoms with Gasteiger partial charge in [-0.2, -0.15) is 0 Å². The van der Waals surface area contributed by atoms with Crippen LogP contribution in [0.3, 0.4) is 0 Å². The number of nitrogens with one attached hydrogen (secondary N) is 2. The van der Waals surface area contributed by atoms with Crippen LogP contribution in [0.2, 0.25) is 5.02 Å². The number of thioether (sulfide) groups is 1. The lowest BCUT2D eigenvalue weighted by Gasteiger charge is -2.13. The molecule has 2 amide bonds. The number of rotatable bonds is 4. The van der Waals surface area contributed by atoms with Gasteiger partial charge in [0.2, 0.25) is 11.8 Å². The molecule has 5 nitrogen and oxygen atoms in total. The highest BCUT2D eigenvalue weighted by molar-refractivity contribution is 8.15. The number of benzene rings is 2. The number of carbonyl (C=O) groups is 2. The molecule has 1 aliphatic rings. The number of hydrogen-bond donors (Lipinski definition) is 2. The van der Waals surface area contributed by atoms with Gasteiger partial charge in [-0.3, -0.25) is 9.59 Å². The normalized spacial score (nSPS) is 17.7. The molecule has 0 aromatic heterocycles. The number of carbonyl (C=O) groups excluding carboxylic acids is 2. The molecule has 2 aromatic carbocycles. The van der Waals surface area contributed by atoms with E-state index in [-0.39, 0.29) is 18.2 Å². The second-order valence-corrected chi connectivity index (χ2v) is 8.57. The van der Waals surface area contributed by atoms with Gasteiger partial charge in [0, 0.05) is 17.1 Å². The van der Waals surface area contributed by atoms with Gasteiger partial charge in [-0.05, 0) is 56.5 Å². The maximum absolute atomic E-state index is 12.5. The van der Waals surface area contributed by atoms with Crippen LogP contribution in [-0.2, 0) is 9.59 Å².